The molecule has 0 bridgehead atoms. The SMILES string of the molecule is C=NN1N=C2C(=NC1=C)C(=O)c1ccc(SC)cc12. The van der Waals surface area contributed by atoms with Crippen molar-refractivity contribution in [2.45, 2.75) is 4.90 Å². The summed E-state index contributed by atoms with van der Waals surface area (Å²) in [6.07, 6.45) is 1.98. The smallest absolute Gasteiger partial charge is 0.214 e. The zero-order valence-corrected chi connectivity index (χ0v) is 11.1. The summed E-state index contributed by atoms with van der Waals surface area (Å²) < 4.78 is 0. The van der Waals surface area contributed by atoms with Gasteiger partial charge in [-0.1, -0.05) is 6.58 Å². The topological polar surface area (TPSA) is 57.4 Å². The molecule has 0 fully saturated rings. The van der Waals surface area contributed by atoms with E-state index < -0.39 is 0 Å². The lowest BCUT2D eigenvalue weighted by atomic mass is 10.1. The van der Waals surface area contributed by atoms with E-state index in [4.69, 9.17) is 0 Å². The highest BCUT2D eigenvalue weighted by Gasteiger charge is 2.36. The molecule has 0 unspecified atom stereocenters. The van der Waals surface area contributed by atoms with Gasteiger partial charge in [0, 0.05) is 22.7 Å². The fourth-order valence-corrected chi connectivity index (χ4v) is 2.49. The third-order valence-electron chi connectivity index (χ3n) is 2.97. The highest BCUT2D eigenvalue weighted by molar-refractivity contribution is 7.98. The first-order chi connectivity index (χ1) is 9.15. The Kier molecular flexibility index (Phi) is 2.60. The molecular formula is C13H10N4OS. The molecule has 0 saturated heterocycles. The first kappa shape index (κ1) is 11.9. The highest BCUT2D eigenvalue weighted by Crippen LogP contribution is 2.29. The molecule has 0 saturated carbocycles. The number of carbonyl (C=O) groups excluding carboxylic acids is 1. The Bertz CT molecular complexity index is 690. The van der Waals surface area contributed by atoms with E-state index in [1.165, 1.54) is 5.12 Å². The Morgan fingerprint density at radius 3 is 2.79 bits per heavy atom. The molecule has 1 aromatic carbocycles. The van der Waals surface area contributed by atoms with Crippen LogP contribution in [0.25, 0.3) is 0 Å². The Balaban J connectivity index is 2.22. The van der Waals surface area contributed by atoms with Crippen LogP contribution in [0.2, 0.25) is 0 Å². The van der Waals surface area contributed by atoms with Gasteiger partial charge >= 0.3 is 0 Å². The van der Waals surface area contributed by atoms with E-state index in [-0.39, 0.29) is 5.78 Å². The lowest BCUT2D eigenvalue weighted by Crippen LogP contribution is -2.25. The molecule has 0 amide bonds. The quantitative estimate of drug-likeness (QED) is 0.611. The molecule has 0 atom stereocenters. The van der Waals surface area contributed by atoms with Gasteiger partial charge in [-0.25, -0.2) is 4.99 Å². The number of rotatable bonds is 2. The number of benzene rings is 1. The Hall–Kier alpha value is -2.21. The molecule has 1 aromatic rings. The van der Waals surface area contributed by atoms with Crippen molar-refractivity contribution >= 4 is 35.7 Å². The molecule has 6 heteroatoms. The van der Waals surface area contributed by atoms with Crippen LogP contribution < -0.4 is 0 Å². The second kappa shape index (κ2) is 4.17. The van der Waals surface area contributed by atoms with Crippen LogP contribution in [-0.2, 0) is 0 Å². The standard InChI is InChI=1S/C13H10N4OS/c1-7-15-12-11(16-17(7)14-2)10-6-8(19-3)4-5-9(10)13(12)18/h4-6H,1-2H2,3H3. The van der Waals surface area contributed by atoms with Crippen molar-refractivity contribution in [2.75, 3.05) is 6.26 Å². The summed E-state index contributed by atoms with van der Waals surface area (Å²) in [5.74, 6) is 0.172. The van der Waals surface area contributed by atoms with Crippen LogP contribution in [0.1, 0.15) is 15.9 Å². The van der Waals surface area contributed by atoms with Crippen LogP contribution in [0.5, 0.6) is 0 Å². The van der Waals surface area contributed by atoms with Gasteiger partial charge in [-0.2, -0.15) is 5.10 Å². The fourth-order valence-electron chi connectivity index (χ4n) is 2.05. The van der Waals surface area contributed by atoms with E-state index in [1.807, 2.05) is 18.4 Å². The maximum absolute atomic E-state index is 12.2. The van der Waals surface area contributed by atoms with E-state index in [0.717, 1.165) is 10.5 Å². The van der Waals surface area contributed by atoms with E-state index in [9.17, 15) is 4.79 Å². The summed E-state index contributed by atoms with van der Waals surface area (Å²) in [4.78, 5) is 17.5. The first-order valence-corrected chi connectivity index (χ1v) is 6.74. The third kappa shape index (κ3) is 1.64. The first-order valence-electron chi connectivity index (χ1n) is 5.52. The van der Waals surface area contributed by atoms with Gasteiger partial charge in [0.1, 0.15) is 11.4 Å². The van der Waals surface area contributed by atoms with Crippen molar-refractivity contribution in [1.29, 1.82) is 0 Å². The van der Waals surface area contributed by atoms with E-state index >= 15 is 0 Å². The number of aliphatic imine (C=N–C) groups is 1. The Morgan fingerprint density at radius 1 is 1.32 bits per heavy atom. The molecule has 0 N–H and O–H groups in total. The predicted molar refractivity (Wildman–Crippen MR) is 77.1 cm³/mol. The zero-order valence-electron chi connectivity index (χ0n) is 10.3. The number of hydrogen-bond donors (Lipinski definition) is 0. The van der Waals surface area contributed by atoms with Crippen LogP contribution in [0, 0.1) is 0 Å². The lowest BCUT2D eigenvalue weighted by molar-refractivity contribution is 0.106. The maximum Gasteiger partial charge on any atom is 0.214 e. The molecule has 2 aliphatic rings. The molecule has 0 radical (unpaired) electrons. The van der Waals surface area contributed by atoms with Crippen LogP contribution in [0.15, 0.2) is 50.7 Å². The average Bonchev–Trinajstić information content (AvgIpc) is 2.70. The van der Waals surface area contributed by atoms with Crippen molar-refractivity contribution in [3.63, 3.8) is 0 Å². The maximum atomic E-state index is 12.2. The zero-order chi connectivity index (χ0) is 13.6. The van der Waals surface area contributed by atoms with Crippen LogP contribution >= 0.6 is 11.8 Å². The van der Waals surface area contributed by atoms with Crippen molar-refractivity contribution in [2.24, 2.45) is 15.2 Å². The molecular weight excluding hydrogens is 260 g/mol. The third-order valence-corrected chi connectivity index (χ3v) is 3.69. The summed E-state index contributed by atoms with van der Waals surface area (Å²) in [5, 5.41) is 9.20. The number of Topliss-reactive ketones (excluding diaryl/α,β-unsaturated/α-hetero) is 1. The second-order valence-electron chi connectivity index (χ2n) is 4.00. The minimum Gasteiger partial charge on any atom is -0.287 e. The molecule has 0 spiro atoms. The predicted octanol–water partition coefficient (Wildman–Crippen LogP) is 2.15. The van der Waals surface area contributed by atoms with Gasteiger partial charge in [-0.05, 0) is 24.5 Å². The van der Waals surface area contributed by atoms with Crippen LogP contribution in [0.3, 0.4) is 0 Å². The summed E-state index contributed by atoms with van der Waals surface area (Å²) in [7, 11) is 0. The molecule has 19 heavy (non-hydrogen) atoms. The van der Waals surface area contributed by atoms with Gasteiger partial charge < -0.3 is 0 Å². The summed E-state index contributed by atoms with van der Waals surface area (Å²) in [6.45, 7) is 7.11. The minimum absolute atomic E-state index is 0.119. The molecule has 0 aromatic heterocycles. The van der Waals surface area contributed by atoms with Gasteiger partial charge in [0.05, 0.1) is 0 Å². The monoisotopic (exact) mass is 270 g/mol. The number of carbonyl (C=O) groups is 1. The summed E-state index contributed by atoms with van der Waals surface area (Å²) in [5.41, 5.74) is 2.28. The molecule has 1 aliphatic heterocycles. The van der Waals surface area contributed by atoms with Gasteiger partial charge in [0.2, 0.25) is 5.78 Å². The van der Waals surface area contributed by atoms with Crippen LogP contribution in [0.4, 0.5) is 0 Å². The van der Waals surface area contributed by atoms with Crippen LogP contribution in [-0.4, -0.2) is 35.3 Å². The van der Waals surface area contributed by atoms with Crippen molar-refractivity contribution in [3.8, 4) is 0 Å². The number of nitrogens with zero attached hydrogens (tertiary/aromatic N) is 4. The van der Waals surface area contributed by atoms with Crippen molar-refractivity contribution < 1.29 is 4.79 Å². The second-order valence-corrected chi connectivity index (χ2v) is 4.88. The lowest BCUT2D eigenvalue weighted by Gasteiger charge is -2.17. The minimum atomic E-state index is -0.119. The van der Waals surface area contributed by atoms with Crippen molar-refractivity contribution in [3.05, 3.63) is 41.7 Å². The molecule has 1 heterocycles. The number of fused-ring (bicyclic) bond motifs is 3. The van der Waals surface area contributed by atoms with Gasteiger partial charge in [-0.3, -0.25) is 4.79 Å². The van der Waals surface area contributed by atoms with E-state index in [2.05, 4.69) is 28.5 Å². The number of hydrogen-bond acceptors (Lipinski definition) is 6. The molecule has 3 rings (SSSR count). The fraction of sp³-hybridized carbons (Fsp3) is 0.0769. The van der Waals surface area contributed by atoms with E-state index in [1.54, 1.807) is 17.8 Å². The Morgan fingerprint density at radius 2 is 2.11 bits per heavy atom. The van der Waals surface area contributed by atoms with Gasteiger partial charge in [-0.15, -0.1) is 22.0 Å². The highest BCUT2D eigenvalue weighted by atomic mass is 32.2. The van der Waals surface area contributed by atoms with Gasteiger partial charge in [0.15, 0.2) is 5.82 Å². The van der Waals surface area contributed by atoms with E-state index in [0.29, 0.717) is 22.8 Å². The normalized spacial score (nSPS) is 16.8. The molecule has 1 aliphatic carbocycles. The largest absolute Gasteiger partial charge is 0.287 e. The van der Waals surface area contributed by atoms with Gasteiger partial charge in [0.25, 0.3) is 0 Å². The average molecular weight is 270 g/mol. The summed E-state index contributed by atoms with van der Waals surface area (Å²) in [6, 6.07) is 5.66. The summed E-state index contributed by atoms with van der Waals surface area (Å²) >= 11 is 1.61. The molecule has 94 valence electrons. The molecule has 5 nitrogen and oxygen atoms in total. The number of thioether (sulfide) groups is 1. The Labute approximate surface area is 114 Å². The number of hydrazone groups is 2. The number of ketones is 1. The van der Waals surface area contributed by atoms with Crippen molar-refractivity contribution in [1.82, 2.24) is 5.12 Å².